The van der Waals surface area contributed by atoms with Gasteiger partial charge >= 0.3 is 0 Å². The average Bonchev–Trinajstić information content (AvgIpc) is 3.55. The van der Waals surface area contributed by atoms with Gasteiger partial charge in [-0.3, -0.25) is 14.4 Å². The number of ether oxygens (including phenoxy) is 2. The molecule has 2 aromatic carbocycles. The summed E-state index contributed by atoms with van der Waals surface area (Å²) in [5.41, 5.74) is 3.16. The number of aliphatic hydroxyl groups is 1. The van der Waals surface area contributed by atoms with Gasteiger partial charge in [0.05, 0.1) is 16.8 Å². The lowest BCUT2D eigenvalue weighted by molar-refractivity contribution is -0.164. The van der Waals surface area contributed by atoms with Crippen molar-refractivity contribution in [1.82, 2.24) is 0 Å². The number of benzene rings is 2. The molecule has 0 bridgehead atoms. The highest BCUT2D eigenvalue weighted by Gasteiger charge is 2.39. The van der Waals surface area contributed by atoms with E-state index in [4.69, 9.17) is 21.1 Å². The normalized spacial score (nSPS) is 20.2. The molecule has 0 spiro atoms. The number of carbonyl (C=O) groups excluding carboxylic acids is 3. The highest BCUT2D eigenvalue weighted by atomic mass is 35.5. The van der Waals surface area contributed by atoms with Gasteiger partial charge in [0.1, 0.15) is 0 Å². The van der Waals surface area contributed by atoms with Crippen LogP contribution in [-0.2, 0) is 14.3 Å². The van der Waals surface area contributed by atoms with Gasteiger partial charge in [0, 0.05) is 35.8 Å². The van der Waals surface area contributed by atoms with E-state index >= 15 is 0 Å². The summed E-state index contributed by atoms with van der Waals surface area (Å²) in [5, 5.41) is 16.7. The minimum absolute atomic E-state index is 0.0608. The average molecular weight is 581 g/mol. The number of imide groups is 1. The number of fused-ring (bicyclic) bond motifs is 1. The number of anilines is 2. The van der Waals surface area contributed by atoms with Gasteiger partial charge in [-0.15, -0.1) is 0 Å². The Morgan fingerprint density at radius 2 is 1.95 bits per heavy atom. The van der Waals surface area contributed by atoms with Gasteiger partial charge in [0.2, 0.25) is 6.29 Å². The number of amides is 3. The molecule has 2 N–H and O–H groups in total. The maximum atomic E-state index is 13.4. The number of aliphatic hydroxyl groups excluding tert-OH is 1. The second-order valence-corrected chi connectivity index (χ2v) is 10.9. The van der Waals surface area contributed by atoms with Gasteiger partial charge < -0.3 is 19.9 Å². The number of nitrogens with zero attached hydrogens (tertiary/aromatic N) is 1. The van der Waals surface area contributed by atoms with Crippen LogP contribution < -0.4 is 10.2 Å². The number of halogens is 1. The van der Waals surface area contributed by atoms with Crippen LogP contribution in [0.1, 0.15) is 57.5 Å². The molecule has 0 aliphatic carbocycles. The minimum Gasteiger partial charge on any atom is -0.459 e. The molecule has 3 atom stereocenters. The topological polar surface area (TPSA) is 105 Å². The van der Waals surface area contributed by atoms with Crippen molar-refractivity contribution in [1.29, 1.82) is 0 Å². The zero-order valence-corrected chi connectivity index (χ0v) is 23.6. The molecule has 0 fully saturated rings. The Morgan fingerprint density at radius 1 is 1.15 bits per heavy atom. The van der Waals surface area contributed by atoms with E-state index in [-0.39, 0.29) is 29.8 Å². The number of rotatable bonds is 9. The van der Waals surface area contributed by atoms with Crippen LogP contribution in [0.3, 0.4) is 0 Å². The van der Waals surface area contributed by atoms with Crippen molar-refractivity contribution in [3.63, 3.8) is 0 Å². The molecule has 10 heteroatoms. The SMILES string of the molecule is CCO[C@@H]1OC(C(=O)Nc2ccc(N3C(=O)c4ccc(Cl)cc4C3=O)c(C)c2)=C[C@H](c2ccsc2)[C@H]1CCCO. The van der Waals surface area contributed by atoms with Crippen LogP contribution >= 0.6 is 22.9 Å². The molecule has 1 aromatic heterocycles. The molecule has 0 unspecified atom stereocenters. The molecule has 40 heavy (non-hydrogen) atoms. The summed E-state index contributed by atoms with van der Waals surface area (Å²) in [6, 6.07) is 11.6. The molecular formula is C30H29ClN2O6S. The van der Waals surface area contributed by atoms with Crippen LogP contribution in [0.25, 0.3) is 0 Å². The molecule has 0 saturated heterocycles. The fourth-order valence-electron chi connectivity index (χ4n) is 5.22. The fraction of sp³-hybridized carbons (Fsp3) is 0.300. The Kier molecular flexibility index (Phi) is 8.37. The van der Waals surface area contributed by atoms with Crippen LogP contribution in [0.2, 0.25) is 5.02 Å². The van der Waals surface area contributed by atoms with Crippen molar-refractivity contribution in [2.75, 3.05) is 23.4 Å². The Hall–Kier alpha value is -3.50. The zero-order valence-electron chi connectivity index (χ0n) is 22.1. The van der Waals surface area contributed by atoms with Crippen molar-refractivity contribution in [3.05, 3.63) is 92.3 Å². The zero-order chi connectivity index (χ0) is 28.4. The van der Waals surface area contributed by atoms with Gasteiger partial charge in [-0.05, 0) is 97.1 Å². The number of carbonyl (C=O) groups is 3. The fourth-order valence-corrected chi connectivity index (χ4v) is 6.10. The second kappa shape index (κ2) is 11.9. The van der Waals surface area contributed by atoms with Gasteiger partial charge in [0.15, 0.2) is 5.76 Å². The highest BCUT2D eigenvalue weighted by molar-refractivity contribution is 7.08. The van der Waals surface area contributed by atoms with E-state index in [1.54, 1.807) is 48.6 Å². The third-order valence-electron chi connectivity index (χ3n) is 7.11. The lowest BCUT2D eigenvalue weighted by atomic mass is 9.81. The molecule has 3 heterocycles. The lowest BCUT2D eigenvalue weighted by Gasteiger charge is -2.36. The largest absolute Gasteiger partial charge is 0.459 e. The van der Waals surface area contributed by atoms with Crippen LogP contribution in [0.4, 0.5) is 11.4 Å². The van der Waals surface area contributed by atoms with Crippen molar-refractivity contribution in [2.24, 2.45) is 5.92 Å². The van der Waals surface area contributed by atoms with E-state index in [0.717, 1.165) is 10.5 Å². The quantitative estimate of drug-likeness (QED) is 0.305. The van der Waals surface area contributed by atoms with Gasteiger partial charge in [-0.1, -0.05) is 11.6 Å². The monoisotopic (exact) mass is 580 g/mol. The van der Waals surface area contributed by atoms with E-state index < -0.39 is 24.0 Å². The second-order valence-electron chi connectivity index (χ2n) is 9.68. The number of nitrogens with one attached hydrogen (secondary N) is 1. The molecule has 208 valence electrons. The van der Waals surface area contributed by atoms with Crippen LogP contribution in [0, 0.1) is 12.8 Å². The van der Waals surface area contributed by atoms with Crippen molar-refractivity contribution >= 4 is 52.0 Å². The molecule has 5 rings (SSSR count). The Bertz CT molecular complexity index is 1470. The smallest absolute Gasteiger partial charge is 0.290 e. The van der Waals surface area contributed by atoms with E-state index in [9.17, 15) is 19.5 Å². The first-order chi connectivity index (χ1) is 19.3. The third-order valence-corrected chi connectivity index (χ3v) is 8.04. The summed E-state index contributed by atoms with van der Waals surface area (Å²) < 4.78 is 11.9. The van der Waals surface area contributed by atoms with Gasteiger partial charge in [0.25, 0.3) is 17.7 Å². The predicted molar refractivity (Wildman–Crippen MR) is 154 cm³/mol. The molecule has 3 amide bonds. The van der Waals surface area contributed by atoms with Crippen molar-refractivity contribution in [2.45, 2.75) is 38.9 Å². The number of hydrogen-bond acceptors (Lipinski definition) is 7. The van der Waals surface area contributed by atoms with Crippen LogP contribution in [-0.4, -0.2) is 42.3 Å². The maximum Gasteiger partial charge on any atom is 0.290 e. The van der Waals surface area contributed by atoms with Gasteiger partial charge in [-0.2, -0.15) is 11.3 Å². The number of thiophene rings is 1. The summed E-state index contributed by atoms with van der Waals surface area (Å²) in [5.74, 6) is -1.33. The van der Waals surface area contributed by atoms with E-state index in [0.29, 0.717) is 47.0 Å². The summed E-state index contributed by atoms with van der Waals surface area (Å²) >= 11 is 7.61. The molecule has 2 aliphatic heterocycles. The summed E-state index contributed by atoms with van der Waals surface area (Å²) in [6.45, 7) is 4.11. The molecule has 3 aromatic rings. The molecule has 0 radical (unpaired) electrons. The molecule has 8 nitrogen and oxygen atoms in total. The minimum atomic E-state index is -0.640. The summed E-state index contributed by atoms with van der Waals surface area (Å²) in [7, 11) is 0. The van der Waals surface area contributed by atoms with Crippen molar-refractivity contribution in [3.8, 4) is 0 Å². The van der Waals surface area contributed by atoms with Crippen LogP contribution in [0.5, 0.6) is 0 Å². The third kappa shape index (κ3) is 5.42. The molecular weight excluding hydrogens is 552 g/mol. The lowest BCUT2D eigenvalue weighted by Crippen LogP contribution is -2.37. The Morgan fingerprint density at radius 3 is 2.65 bits per heavy atom. The Labute approximate surface area is 241 Å². The molecule has 2 aliphatic rings. The van der Waals surface area contributed by atoms with Crippen molar-refractivity contribution < 1.29 is 29.0 Å². The van der Waals surface area contributed by atoms with E-state index in [1.165, 1.54) is 6.07 Å². The summed E-state index contributed by atoms with van der Waals surface area (Å²) in [4.78, 5) is 40.5. The summed E-state index contributed by atoms with van der Waals surface area (Å²) in [6.07, 6.45) is 2.45. The van der Waals surface area contributed by atoms with Gasteiger partial charge in [-0.25, -0.2) is 4.90 Å². The maximum absolute atomic E-state index is 13.4. The molecule has 0 saturated carbocycles. The first kappa shape index (κ1) is 28.0. The van der Waals surface area contributed by atoms with Crippen LogP contribution in [0.15, 0.2) is 65.1 Å². The number of allylic oxidation sites excluding steroid dienone is 1. The highest BCUT2D eigenvalue weighted by Crippen LogP contribution is 2.40. The number of aryl methyl sites for hydroxylation is 1. The van der Waals surface area contributed by atoms with E-state index in [1.807, 2.05) is 29.8 Å². The standard InChI is InChI=1S/C30H29ClN2O6S/c1-3-38-30-22(5-4-11-34)23(18-10-12-40-16-18)15-26(39-30)27(35)32-20-7-9-25(17(2)13-20)33-28(36)21-8-6-19(31)14-24(21)29(33)37/h6-10,12-16,22-23,30,34H,3-5,11H2,1-2H3,(H,32,35)/t22-,23-,30-/m1/s1. The Balaban J connectivity index is 1.38. The first-order valence-corrected chi connectivity index (χ1v) is 14.4. The predicted octanol–water partition coefficient (Wildman–Crippen LogP) is 5.90. The van der Waals surface area contributed by atoms with E-state index in [2.05, 4.69) is 5.32 Å². The first-order valence-electron chi connectivity index (χ1n) is 13.1. The number of hydrogen-bond donors (Lipinski definition) is 2.